The third kappa shape index (κ3) is 2.23. The van der Waals surface area contributed by atoms with E-state index < -0.39 is 0 Å². The Kier molecular flexibility index (Phi) is 3.24. The summed E-state index contributed by atoms with van der Waals surface area (Å²) in [4.78, 5) is 11.9. The van der Waals surface area contributed by atoms with Crippen LogP contribution in [0.5, 0.6) is 0 Å². The van der Waals surface area contributed by atoms with Crippen LogP contribution in [0.3, 0.4) is 0 Å². The minimum Gasteiger partial charge on any atom is -0.462 e. The van der Waals surface area contributed by atoms with Crippen LogP contribution in [0.2, 0.25) is 0 Å². The molecule has 0 aromatic heterocycles. The van der Waals surface area contributed by atoms with Gasteiger partial charge in [-0.2, -0.15) is 0 Å². The molecule has 0 bridgehead atoms. The lowest BCUT2D eigenvalue weighted by atomic mass is 9.96. The highest BCUT2D eigenvalue weighted by Crippen LogP contribution is 2.60. The maximum Gasteiger partial charge on any atom is 0.310 e. The first-order valence-corrected chi connectivity index (χ1v) is 6.42. The maximum atomic E-state index is 11.9. The van der Waals surface area contributed by atoms with Gasteiger partial charge in [0.1, 0.15) is 10.6 Å². The standard InChI is InChI=1S/C12H16Cl2O2/c1-12(2)8(6-9(13)14)10(12)11(15)16-7-4-3-5-7/h6-8,10H,3-5H2,1-2H3/t8-,10+/m1/s1. The second-order valence-electron chi connectivity index (χ2n) is 5.27. The van der Waals surface area contributed by atoms with Crippen LogP contribution < -0.4 is 0 Å². The van der Waals surface area contributed by atoms with Gasteiger partial charge in [-0.15, -0.1) is 0 Å². The number of halogens is 2. The van der Waals surface area contributed by atoms with E-state index in [0.717, 1.165) is 12.8 Å². The van der Waals surface area contributed by atoms with E-state index in [1.807, 2.05) is 13.8 Å². The van der Waals surface area contributed by atoms with E-state index >= 15 is 0 Å². The molecule has 4 heteroatoms. The number of hydrogen-bond acceptors (Lipinski definition) is 2. The van der Waals surface area contributed by atoms with Gasteiger partial charge in [0.05, 0.1) is 5.92 Å². The van der Waals surface area contributed by atoms with Crippen molar-refractivity contribution in [3.8, 4) is 0 Å². The molecule has 2 atom stereocenters. The summed E-state index contributed by atoms with van der Waals surface area (Å²) in [5, 5.41) is 0. The average molecular weight is 263 g/mol. The molecule has 0 heterocycles. The van der Waals surface area contributed by atoms with Crippen molar-refractivity contribution in [2.75, 3.05) is 0 Å². The maximum absolute atomic E-state index is 11.9. The lowest BCUT2D eigenvalue weighted by Gasteiger charge is -2.25. The van der Waals surface area contributed by atoms with Crippen LogP contribution in [0.15, 0.2) is 10.6 Å². The first-order valence-electron chi connectivity index (χ1n) is 5.66. The van der Waals surface area contributed by atoms with E-state index in [1.165, 1.54) is 6.42 Å². The average Bonchev–Trinajstić information content (AvgIpc) is 2.60. The van der Waals surface area contributed by atoms with Gasteiger partial charge in [0, 0.05) is 0 Å². The van der Waals surface area contributed by atoms with Gasteiger partial charge in [0.25, 0.3) is 0 Å². The molecule has 16 heavy (non-hydrogen) atoms. The van der Waals surface area contributed by atoms with Crippen molar-refractivity contribution < 1.29 is 9.53 Å². The fourth-order valence-corrected chi connectivity index (χ4v) is 2.57. The van der Waals surface area contributed by atoms with Crippen molar-refractivity contribution >= 4 is 29.2 Å². The van der Waals surface area contributed by atoms with Gasteiger partial charge in [0.2, 0.25) is 0 Å². The predicted octanol–water partition coefficient (Wildman–Crippen LogP) is 3.67. The third-order valence-corrected chi connectivity index (χ3v) is 4.06. The molecule has 90 valence electrons. The van der Waals surface area contributed by atoms with E-state index in [9.17, 15) is 4.79 Å². The van der Waals surface area contributed by atoms with Crippen LogP contribution >= 0.6 is 23.2 Å². The smallest absolute Gasteiger partial charge is 0.310 e. The molecule has 0 N–H and O–H groups in total. The minimum atomic E-state index is -0.0921. The van der Waals surface area contributed by atoms with Gasteiger partial charge < -0.3 is 4.74 Å². The third-order valence-electron chi connectivity index (χ3n) is 3.81. The number of esters is 1. The van der Waals surface area contributed by atoms with Gasteiger partial charge in [-0.05, 0) is 36.7 Å². The molecule has 0 saturated heterocycles. The van der Waals surface area contributed by atoms with Crippen molar-refractivity contribution in [2.45, 2.75) is 39.2 Å². The van der Waals surface area contributed by atoms with Gasteiger partial charge in [-0.3, -0.25) is 4.79 Å². The predicted molar refractivity (Wildman–Crippen MR) is 64.3 cm³/mol. The lowest BCUT2D eigenvalue weighted by Crippen LogP contribution is -2.26. The lowest BCUT2D eigenvalue weighted by molar-refractivity contribution is -0.155. The van der Waals surface area contributed by atoms with Gasteiger partial charge >= 0.3 is 5.97 Å². The SMILES string of the molecule is CC1(C)[C@H](C=C(Cl)Cl)[C@H]1C(=O)OC1CCC1. The molecule has 2 saturated carbocycles. The van der Waals surface area contributed by atoms with Crippen LogP contribution in [-0.4, -0.2) is 12.1 Å². The van der Waals surface area contributed by atoms with Crippen LogP contribution in [0, 0.1) is 17.3 Å². The summed E-state index contributed by atoms with van der Waals surface area (Å²) in [5.41, 5.74) is -0.0736. The second kappa shape index (κ2) is 4.23. The van der Waals surface area contributed by atoms with Gasteiger partial charge in [0.15, 0.2) is 0 Å². The zero-order valence-corrected chi connectivity index (χ0v) is 11.0. The molecule has 2 aliphatic rings. The summed E-state index contributed by atoms with van der Waals surface area (Å²) in [6, 6.07) is 0. The molecule has 0 amide bonds. The van der Waals surface area contributed by atoms with Crippen molar-refractivity contribution in [3.05, 3.63) is 10.6 Å². The molecule has 0 spiro atoms. The number of hydrogen-bond donors (Lipinski definition) is 0. The summed E-state index contributed by atoms with van der Waals surface area (Å²) < 4.78 is 5.64. The zero-order chi connectivity index (χ0) is 11.9. The van der Waals surface area contributed by atoms with E-state index in [0.29, 0.717) is 0 Å². The largest absolute Gasteiger partial charge is 0.462 e. The number of ether oxygens (including phenoxy) is 1. The van der Waals surface area contributed by atoms with E-state index in [1.54, 1.807) is 6.08 Å². The van der Waals surface area contributed by atoms with Crippen molar-refractivity contribution in [1.29, 1.82) is 0 Å². The summed E-state index contributed by atoms with van der Waals surface area (Å²) in [5.74, 6) is -0.0591. The van der Waals surface area contributed by atoms with E-state index in [4.69, 9.17) is 27.9 Å². The number of allylic oxidation sites excluding steroid dienone is 1. The highest BCUT2D eigenvalue weighted by molar-refractivity contribution is 6.55. The molecule has 2 nitrogen and oxygen atoms in total. The van der Waals surface area contributed by atoms with E-state index in [2.05, 4.69) is 0 Å². The van der Waals surface area contributed by atoms with E-state index in [-0.39, 0.29) is 33.8 Å². The Morgan fingerprint density at radius 1 is 1.38 bits per heavy atom. The van der Waals surface area contributed by atoms with Crippen molar-refractivity contribution in [2.24, 2.45) is 17.3 Å². The molecule has 0 aromatic rings. The van der Waals surface area contributed by atoms with Crippen LogP contribution in [0.4, 0.5) is 0 Å². The summed E-state index contributed by atoms with van der Waals surface area (Å²) in [7, 11) is 0. The Bertz CT molecular complexity index is 328. The Labute approximate surface area is 106 Å². The Morgan fingerprint density at radius 3 is 2.44 bits per heavy atom. The first kappa shape index (κ1) is 12.3. The quantitative estimate of drug-likeness (QED) is 0.726. The van der Waals surface area contributed by atoms with Gasteiger partial charge in [-0.1, -0.05) is 37.0 Å². The molecule has 0 unspecified atom stereocenters. The number of rotatable bonds is 3. The van der Waals surface area contributed by atoms with Crippen molar-refractivity contribution in [3.63, 3.8) is 0 Å². The topological polar surface area (TPSA) is 26.3 Å². The Hall–Kier alpha value is -0.210. The summed E-state index contributed by atoms with van der Waals surface area (Å²) in [6.45, 7) is 4.08. The van der Waals surface area contributed by atoms with Crippen LogP contribution in [0.25, 0.3) is 0 Å². The molecule has 2 aliphatic carbocycles. The van der Waals surface area contributed by atoms with Crippen LogP contribution in [-0.2, 0) is 9.53 Å². The molecule has 0 aliphatic heterocycles. The van der Waals surface area contributed by atoms with Crippen molar-refractivity contribution in [1.82, 2.24) is 0 Å². The monoisotopic (exact) mass is 262 g/mol. The number of carbonyl (C=O) groups is 1. The zero-order valence-electron chi connectivity index (χ0n) is 9.50. The second-order valence-corrected chi connectivity index (χ2v) is 6.28. The highest BCUT2D eigenvalue weighted by Gasteiger charge is 2.61. The van der Waals surface area contributed by atoms with Gasteiger partial charge in [-0.25, -0.2) is 0 Å². The molecule has 2 fully saturated rings. The fourth-order valence-electron chi connectivity index (χ4n) is 2.30. The molecular formula is C12H16Cl2O2. The molecular weight excluding hydrogens is 247 g/mol. The van der Waals surface area contributed by atoms with Crippen LogP contribution in [0.1, 0.15) is 33.1 Å². The normalized spacial score (nSPS) is 31.5. The first-order chi connectivity index (χ1) is 7.43. The molecule has 2 rings (SSSR count). The highest BCUT2D eigenvalue weighted by atomic mass is 35.5. The summed E-state index contributed by atoms with van der Waals surface area (Å²) >= 11 is 11.3. The fraction of sp³-hybridized carbons (Fsp3) is 0.750. The molecule has 0 radical (unpaired) electrons. The Morgan fingerprint density at radius 2 is 2.00 bits per heavy atom. The number of carbonyl (C=O) groups excluding carboxylic acids is 1. The molecule has 0 aromatic carbocycles. The summed E-state index contributed by atoms with van der Waals surface area (Å²) in [6.07, 6.45) is 5.09. The Balaban J connectivity index is 1.94. The minimum absolute atomic E-state index is 0.0736.